The molecule has 0 aliphatic carbocycles. The van der Waals surface area contributed by atoms with Crippen LogP contribution in [-0.2, 0) is 9.59 Å². The number of carboxylic acid groups (broad SMARTS) is 2. The number of carboxylic acids is 2. The average Bonchev–Trinajstić information content (AvgIpc) is 1.84. The molecule has 0 rings (SSSR count). The molecule has 0 amide bonds. The summed E-state index contributed by atoms with van der Waals surface area (Å²) in [5.41, 5.74) is 0. The molecule has 0 aliphatic rings. The van der Waals surface area contributed by atoms with E-state index in [1.807, 2.05) is 0 Å². The average molecular weight is 161 g/mol. The van der Waals surface area contributed by atoms with Gasteiger partial charge in [-0.3, -0.25) is 14.5 Å². The van der Waals surface area contributed by atoms with Gasteiger partial charge in [0.15, 0.2) is 0 Å². The maximum absolute atomic E-state index is 10.3. The van der Waals surface area contributed by atoms with Crippen molar-refractivity contribution in [1.82, 2.24) is 4.90 Å². The van der Waals surface area contributed by atoms with Gasteiger partial charge in [-0.25, -0.2) is 0 Å². The largest absolute Gasteiger partial charge is 0.480 e. The topological polar surface area (TPSA) is 77.8 Å². The summed E-state index contributed by atoms with van der Waals surface area (Å²) < 4.78 is 0. The van der Waals surface area contributed by atoms with Crippen LogP contribution in [0.25, 0.3) is 0 Å². The van der Waals surface area contributed by atoms with Crippen LogP contribution in [0.15, 0.2) is 0 Å². The number of hydrogen-bond acceptors (Lipinski definition) is 3. The molecule has 0 aromatic heterocycles. The number of carbonyl (C=O) groups is 2. The predicted octanol–water partition coefficient (Wildman–Crippen LogP) is -0.524. The quantitative estimate of drug-likeness (QED) is 0.579. The van der Waals surface area contributed by atoms with E-state index < -0.39 is 18.0 Å². The molecule has 0 fully saturated rings. The predicted molar refractivity (Wildman–Crippen MR) is 37.4 cm³/mol. The molecule has 0 aliphatic heterocycles. The van der Waals surface area contributed by atoms with Crippen molar-refractivity contribution in [3.63, 3.8) is 0 Å². The van der Waals surface area contributed by atoms with Crippen LogP contribution in [0.4, 0.5) is 0 Å². The molecule has 0 aromatic rings. The summed E-state index contributed by atoms with van der Waals surface area (Å²) >= 11 is 0. The van der Waals surface area contributed by atoms with E-state index in [-0.39, 0.29) is 6.54 Å². The van der Waals surface area contributed by atoms with Crippen molar-refractivity contribution in [3.8, 4) is 0 Å². The highest BCUT2D eigenvalue weighted by atomic mass is 16.4. The minimum atomic E-state index is -1.03. The molecule has 0 bridgehead atoms. The zero-order chi connectivity index (χ0) is 9.02. The number of rotatable bonds is 4. The molecule has 5 heteroatoms. The normalized spacial score (nSPS) is 13.0. The van der Waals surface area contributed by atoms with Gasteiger partial charge in [0.1, 0.15) is 6.04 Å². The summed E-state index contributed by atoms with van der Waals surface area (Å²) in [7, 11) is 1.45. The van der Waals surface area contributed by atoms with E-state index in [1.54, 1.807) is 0 Å². The lowest BCUT2D eigenvalue weighted by Crippen LogP contribution is -2.38. The second-order valence-corrected chi connectivity index (χ2v) is 2.32. The van der Waals surface area contributed by atoms with Gasteiger partial charge in [0, 0.05) is 0 Å². The van der Waals surface area contributed by atoms with Gasteiger partial charge >= 0.3 is 11.9 Å². The first-order valence-corrected chi connectivity index (χ1v) is 3.10. The van der Waals surface area contributed by atoms with Crippen LogP contribution in [0.2, 0.25) is 0 Å². The molecule has 0 saturated carbocycles. The van der Waals surface area contributed by atoms with Crippen molar-refractivity contribution >= 4 is 11.9 Å². The molecule has 1 unspecified atom stereocenters. The second-order valence-electron chi connectivity index (χ2n) is 2.32. The smallest absolute Gasteiger partial charge is 0.320 e. The van der Waals surface area contributed by atoms with Gasteiger partial charge in [0.25, 0.3) is 0 Å². The molecule has 0 aromatic carbocycles. The molecule has 2 N–H and O–H groups in total. The zero-order valence-electron chi connectivity index (χ0n) is 6.44. The van der Waals surface area contributed by atoms with Crippen LogP contribution < -0.4 is 0 Å². The van der Waals surface area contributed by atoms with E-state index in [4.69, 9.17) is 10.2 Å². The Morgan fingerprint density at radius 2 is 1.91 bits per heavy atom. The fraction of sp³-hybridized carbons (Fsp3) is 0.667. The molecule has 11 heavy (non-hydrogen) atoms. The maximum atomic E-state index is 10.3. The Labute approximate surface area is 64.2 Å². The van der Waals surface area contributed by atoms with E-state index in [9.17, 15) is 9.59 Å². The zero-order valence-corrected chi connectivity index (χ0v) is 6.44. The monoisotopic (exact) mass is 161 g/mol. The molecule has 5 nitrogen and oxygen atoms in total. The lowest BCUT2D eigenvalue weighted by molar-refractivity contribution is -0.144. The van der Waals surface area contributed by atoms with Crippen LogP contribution in [-0.4, -0.2) is 46.7 Å². The number of nitrogens with zero attached hydrogens (tertiary/aromatic N) is 1. The third kappa shape index (κ3) is 3.57. The van der Waals surface area contributed by atoms with Crippen LogP contribution >= 0.6 is 0 Å². The Morgan fingerprint density at radius 1 is 1.45 bits per heavy atom. The summed E-state index contributed by atoms with van der Waals surface area (Å²) in [6.45, 7) is 1.18. The highest BCUT2D eigenvalue weighted by molar-refractivity contribution is 5.75. The Balaban J connectivity index is 3.92. The first-order valence-electron chi connectivity index (χ1n) is 3.10. The summed E-state index contributed by atoms with van der Waals surface area (Å²) in [6, 6.07) is -0.758. The van der Waals surface area contributed by atoms with E-state index in [0.717, 1.165) is 0 Å². The number of aliphatic carboxylic acids is 2. The van der Waals surface area contributed by atoms with Crippen molar-refractivity contribution in [2.45, 2.75) is 13.0 Å². The van der Waals surface area contributed by atoms with Gasteiger partial charge in [-0.05, 0) is 14.0 Å². The third-order valence-electron chi connectivity index (χ3n) is 1.40. The summed E-state index contributed by atoms with van der Waals surface area (Å²) in [5, 5.41) is 16.7. The fourth-order valence-corrected chi connectivity index (χ4v) is 0.539. The Morgan fingerprint density at radius 3 is 2.18 bits per heavy atom. The SMILES string of the molecule is CC(C(=O)O)N(C)CC(=O)O. The minimum absolute atomic E-state index is 0.256. The number of hydrogen-bond donors (Lipinski definition) is 2. The van der Waals surface area contributed by atoms with E-state index in [2.05, 4.69) is 0 Å². The van der Waals surface area contributed by atoms with Crippen molar-refractivity contribution in [2.24, 2.45) is 0 Å². The van der Waals surface area contributed by atoms with E-state index in [1.165, 1.54) is 18.9 Å². The molecule has 1 atom stereocenters. The lowest BCUT2D eigenvalue weighted by Gasteiger charge is -2.17. The summed E-state index contributed by atoms with van der Waals surface area (Å²) in [5.74, 6) is -2.05. The second kappa shape index (κ2) is 3.92. The van der Waals surface area contributed by atoms with E-state index in [0.29, 0.717) is 0 Å². The van der Waals surface area contributed by atoms with Gasteiger partial charge in [-0.15, -0.1) is 0 Å². The Kier molecular flexibility index (Phi) is 3.53. The number of likely N-dealkylation sites (N-methyl/N-ethyl adjacent to an activating group) is 1. The molecular formula is C6H11NO4. The van der Waals surface area contributed by atoms with Crippen molar-refractivity contribution in [1.29, 1.82) is 0 Å². The van der Waals surface area contributed by atoms with Gasteiger partial charge in [0.2, 0.25) is 0 Å². The molecule has 64 valence electrons. The van der Waals surface area contributed by atoms with Gasteiger partial charge in [0.05, 0.1) is 6.54 Å². The molecular weight excluding hydrogens is 150 g/mol. The standard InChI is InChI=1S/C6H11NO4/c1-4(6(10)11)7(2)3-5(8)9/h4H,3H2,1-2H3,(H,8,9)(H,10,11). The first-order chi connectivity index (χ1) is 4.95. The molecule has 0 saturated heterocycles. The Hall–Kier alpha value is -1.10. The van der Waals surface area contributed by atoms with Crippen LogP contribution in [0.5, 0.6) is 0 Å². The van der Waals surface area contributed by atoms with Crippen molar-refractivity contribution in [2.75, 3.05) is 13.6 Å². The van der Waals surface area contributed by atoms with Gasteiger partial charge in [-0.1, -0.05) is 0 Å². The summed E-state index contributed by atoms with van der Waals surface area (Å²) in [4.78, 5) is 21.6. The van der Waals surface area contributed by atoms with Gasteiger partial charge < -0.3 is 10.2 Å². The summed E-state index contributed by atoms with van der Waals surface area (Å²) in [6.07, 6.45) is 0. The Bertz CT molecular complexity index is 168. The lowest BCUT2D eigenvalue weighted by atomic mass is 10.3. The minimum Gasteiger partial charge on any atom is -0.480 e. The highest BCUT2D eigenvalue weighted by Gasteiger charge is 2.18. The highest BCUT2D eigenvalue weighted by Crippen LogP contribution is 1.93. The van der Waals surface area contributed by atoms with E-state index >= 15 is 0 Å². The fourth-order valence-electron chi connectivity index (χ4n) is 0.539. The molecule has 0 heterocycles. The van der Waals surface area contributed by atoms with Gasteiger partial charge in [-0.2, -0.15) is 0 Å². The first kappa shape index (κ1) is 9.90. The van der Waals surface area contributed by atoms with Crippen LogP contribution in [0.3, 0.4) is 0 Å². The van der Waals surface area contributed by atoms with Crippen molar-refractivity contribution < 1.29 is 19.8 Å². The van der Waals surface area contributed by atoms with Crippen molar-refractivity contribution in [3.05, 3.63) is 0 Å². The maximum Gasteiger partial charge on any atom is 0.320 e. The molecule has 0 spiro atoms. The van der Waals surface area contributed by atoms with Crippen LogP contribution in [0, 0.1) is 0 Å². The molecule has 0 radical (unpaired) electrons. The van der Waals surface area contributed by atoms with Crippen LogP contribution in [0.1, 0.15) is 6.92 Å². The third-order valence-corrected chi connectivity index (χ3v) is 1.40.